The summed E-state index contributed by atoms with van der Waals surface area (Å²) in [5.74, 6) is -0.805. The maximum Gasteiger partial charge on any atom is 0.308 e. The van der Waals surface area contributed by atoms with Crippen LogP contribution < -0.4 is 15.0 Å². The Morgan fingerprint density at radius 1 is 1.17 bits per heavy atom. The molecule has 2 rings (SSSR count). The Morgan fingerprint density at radius 3 is 2.47 bits per heavy atom. The van der Waals surface area contributed by atoms with Crippen molar-refractivity contribution in [3.63, 3.8) is 0 Å². The van der Waals surface area contributed by atoms with E-state index in [9.17, 15) is 19.7 Å². The number of nitrogens with zero attached hydrogens (tertiary/aromatic N) is 2. The number of carbonyl (C=O) groups is 1. The van der Waals surface area contributed by atoms with E-state index in [4.69, 9.17) is 9.47 Å². The summed E-state index contributed by atoms with van der Waals surface area (Å²) in [4.78, 5) is 34.8. The smallest absolute Gasteiger partial charge is 0.308 e. The first kappa shape index (κ1) is 22.9. The Balaban J connectivity index is 2.46. The molecule has 0 bridgehead atoms. The lowest BCUT2D eigenvalue weighted by molar-refractivity contribution is -0.384. The highest BCUT2D eigenvalue weighted by Crippen LogP contribution is 2.34. The van der Waals surface area contributed by atoms with E-state index >= 15 is 0 Å². The molecule has 0 radical (unpaired) electrons. The summed E-state index contributed by atoms with van der Waals surface area (Å²) in [6.45, 7) is 7.43. The fourth-order valence-corrected chi connectivity index (χ4v) is 2.92. The van der Waals surface area contributed by atoms with E-state index in [2.05, 4.69) is 6.08 Å². The van der Waals surface area contributed by atoms with E-state index in [-0.39, 0.29) is 23.8 Å². The molecular formula is C22H26N2O6. The zero-order valence-corrected chi connectivity index (χ0v) is 17.9. The van der Waals surface area contributed by atoms with Crippen LogP contribution in [0.4, 0.5) is 5.69 Å². The predicted octanol–water partition coefficient (Wildman–Crippen LogP) is 4.44. The molecule has 8 heteroatoms. The molecule has 0 aliphatic heterocycles. The van der Waals surface area contributed by atoms with Crippen molar-refractivity contribution in [2.24, 2.45) is 7.05 Å². The van der Waals surface area contributed by atoms with Gasteiger partial charge in [0.1, 0.15) is 6.61 Å². The topological polar surface area (TPSA) is 101 Å². The van der Waals surface area contributed by atoms with E-state index < -0.39 is 16.5 Å². The van der Waals surface area contributed by atoms with Gasteiger partial charge < -0.3 is 14.0 Å². The van der Waals surface area contributed by atoms with Gasteiger partial charge in [0, 0.05) is 31.5 Å². The van der Waals surface area contributed by atoms with Gasteiger partial charge in [0.05, 0.1) is 10.4 Å². The molecule has 0 aliphatic carbocycles. The van der Waals surface area contributed by atoms with E-state index in [0.717, 1.165) is 18.4 Å². The molecule has 2 aromatic rings. The van der Waals surface area contributed by atoms with Gasteiger partial charge in [-0.1, -0.05) is 17.2 Å². The maximum absolute atomic E-state index is 12.7. The van der Waals surface area contributed by atoms with Crippen LogP contribution in [0.5, 0.6) is 11.5 Å². The molecule has 1 aromatic heterocycles. The van der Waals surface area contributed by atoms with Crippen LogP contribution in [0.3, 0.4) is 0 Å². The number of aryl methyl sites for hydroxylation is 1. The van der Waals surface area contributed by atoms with Gasteiger partial charge in [-0.15, -0.1) is 0 Å². The normalized spacial score (nSPS) is 11.3. The van der Waals surface area contributed by atoms with Crippen molar-refractivity contribution < 1.29 is 19.2 Å². The molecule has 0 saturated heterocycles. The molecule has 0 aliphatic rings. The average molecular weight is 414 g/mol. The fraction of sp³-hybridized carbons (Fsp3) is 0.364. The van der Waals surface area contributed by atoms with Crippen molar-refractivity contribution in [2.45, 2.75) is 40.5 Å². The number of aromatic nitrogens is 1. The molecule has 30 heavy (non-hydrogen) atoms. The van der Waals surface area contributed by atoms with Crippen LogP contribution in [-0.4, -0.2) is 22.1 Å². The number of fused-ring (bicyclic) bond motifs is 1. The van der Waals surface area contributed by atoms with Crippen LogP contribution in [-0.2, 0) is 11.8 Å². The number of ether oxygens (including phenoxy) is 2. The molecule has 0 saturated carbocycles. The van der Waals surface area contributed by atoms with Crippen LogP contribution in [0.25, 0.3) is 10.9 Å². The standard InChI is InChI=1S/C22H26N2O6/c1-14(2)7-6-8-15(3)11-12-29-20-18-10-9-17(24(27)28)13-19(18)23(5)22(26)21(20)30-16(4)25/h7,9-11,13H,6,8,12H2,1-5H3/b15-11+. The predicted molar refractivity (Wildman–Crippen MR) is 115 cm³/mol. The van der Waals surface area contributed by atoms with E-state index in [1.165, 1.54) is 42.3 Å². The van der Waals surface area contributed by atoms with Crippen molar-refractivity contribution in [1.29, 1.82) is 0 Å². The lowest BCUT2D eigenvalue weighted by Gasteiger charge is -2.15. The van der Waals surface area contributed by atoms with Gasteiger partial charge in [-0.2, -0.15) is 0 Å². The fourth-order valence-electron chi connectivity index (χ4n) is 2.92. The number of nitro groups is 1. The summed E-state index contributed by atoms with van der Waals surface area (Å²) >= 11 is 0. The Labute approximate surface area is 174 Å². The summed E-state index contributed by atoms with van der Waals surface area (Å²) < 4.78 is 12.2. The van der Waals surface area contributed by atoms with Gasteiger partial charge in [-0.25, -0.2) is 0 Å². The largest absolute Gasteiger partial charge is 0.485 e. The summed E-state index contributed by atoms with van der Waals surface area (Å²) in [6, 6.07) is 4.10. The lowest BCUT2D eigenvalue weighted by atomic mass is 10.1. The molecule has 0 N–H and O–H groups in total. The van der Waals surface area contributed by atoms with E-state index in [1.807, 2.05) is 26.8 Å². The minimum Gasteiger partial charge on any atom is -0.485 e. The quantitative estimate of drug-likeness (QED) is 0.274. The number of rotatable bonds is 8. The van der Waals surface area contributed by atoms with Crippen LogP contribution in [0.1, 0.15) is 40.5 Å². The number of nitro benzene ring substituents is 1. The Morgan fingerprint density at radius 2 is 1.87 bits per heavy atom. The number of allylic oxidation sites excluding steroid dienone is 3. The maximum atomic E-state index is 12.7. The van der Waals surface area contributed by atoms with Crippen molar-refractivity contribution in [3.05, 3.63) is 62.0 Å². The number of hydrogen-bond acceptors (Lipinski definition) is 6. The first-order valence-electron chi connectivity index (χ1n) is 9.53. The number of benzene rings is 1. The van der Waals surface area contributed by atoms with Crippen LogP contribution in [0.15, 0.2) is 46.3 Å². The molecule has 1 aromatic carbocycles. The summed E-state index contributed by atoms with van der Waals surface area (Å²) in [6.07, 6.45) is 5.83. The highest BCUT2D eigenvalue weighted by Gasteiger charge is 2.21. The molecule has 0 amide bonds. The number of pyridine rings is 1. The number of hydrogen-bond donors (Lipinski definition) is 0. The summed E-state index contributed by atoms with van der Waals surface area (Å²) in [7, 11) is 1.46. The Bertz CT molecular complexity index is 1090. The van der Waals surface area contributed by atoms with Gasteiger partial charge in [0.25, 0.3) is 11.2 Å². The van der Waals surface area contributed by atoms with E-state index in [1.54, 1.807) is 0 Å². The lowest BCUT2D eigenvalue weighted by Crippen LogP contribution is -2.22. The number of carbonyl (C=O) groups excluding carboxylic acids is 1. The van der Waals surface area contributed by atoms with Crippen molar-refractivity contribution in [1.82, 2.24) is 4.57 Å². The highest BCUT2D eigenvalue weighted by atomic mass is 16.6. The molecule has 0 spiro atoms. The average Bonchev–Trinajstić information content (AvgIpc) is 2.67. The molecule has 1 heterocycles. The second-order valence-corrected chi connectivity index (χ2v) is 7.26. The van der Waals surface area contributed by atoms with Crippen molar-refractivity contribution >= 4 is 22.6 Å². The molecule has 0 fully saturated rings. The third kappa shape index (κ3) is 5.56. The molecule has 160 valence electrons. The first-order chi connectivity index (χ1) is 14.1. The minimum atomic E-state index is -0.661. The Hall–Kier alpha value is -3.42. The van der Waals surface area contributed by atoms with Crippen molar-refractivity contribution in [3.8, 4) is 11.5 Å². The zero-order valence-electron chi connectivity index (χ0n) is 17.9. The second kappa shape index (κ2) is 9.87. The monoisotopic (exact) mass is 414 g/mol. The summed E-state index contributed by atoms with van der Waals surface area (Å²) in [5.41, 5.74) is 1.91. The van der Waals surface area contributed by atoms with Crippen LogP contribution in [0, 0.1) is 10.1 Å². The summed E-state index contributed by atoms with van der Waals surface area (Å²) in [5, 5.41) is 11.6. The minimum absolute atomic E-state index is 0.0894. The number of non-ortho nitro benzene ring substituents is 1. The third-order valence-electron chi connectivity index (χ3n) is 4.50. The SMILES string of the molecule is CC(=O)Oc1c(OC/C=C(\C)CCC=C(C)C)c2ccc([N+](=O)[O-])cc2n(C)c1=O. The molecular weight excluding hydrogens is 388 g/mol. The third-order valence-corrected chi connectivity index (χ3v) is 4.50. The number of esters is 1. The molecule has 0 unspecified atom stereocenters. The highest BCUT2D eigenvalue weighted by molar-refractivity contribution is 5.90. The first-order valence-corrected chi connectivity index (χ1v) is 9.53. The van der Waals surface area contributed by atoms with Gasteiger partial charge in [-0.05, 0) is 45.8 Å². The molecule has 0 atom stereocenters. The van der Waals surface area contributed by atoms with E-state index in [0.29, 0.717) is 10.9 Å². The second-order valence-electron chi connectivity index (χ2n) is 7.26. The van der Waals surface area contributed by atoms with Crippen molar-refractivity contribution in [2.75, 3.05) is 6.61 Å². The Kier molecular flexibility index (Phi) is 7.52. The van der Waals surface area contributed by atoms with Crippen LogP contribution >= 0.6 is 0 Å². The van der Waals surface area contributed by atoms with Gasteiger partial charge >= 0.3 is 5.97 Å². The van der Waals surface area contributed by atoms with Gasteiger partial charge in [0.2, 0.25) is 5.75 Å². The van der Waals surface area contributed by atoms with Gasteiger partial charge in [-0.3, -0.25) is 19.7 Å². The zero-order chi connectivity index (χ0) is 22.4. The van der Waals surface area contributed by atoms with Gasteiger partial charge in [0.15, 0.2) is 5.75 Å². The van der Waals surface area contributed by atoms with Crippen LogP contribution in [0.2, 0.25) is 0 Å². The molecule has 8 nitrogen and oxygen atoms in total.